The maximum atomic E-state index is 12.2. The van der Waals surface area contributed by atoms with Gasteiger partial charge >= 0.3 is 0 Å². The first-order valence-electron chi connectivity index (χ1n) is 7.92. The number of piperazine rings is 1. The molecule has 1 aliphatic heterocycles. The van der Waals surface area contributed by atoms with E-state index in [-0.39, 0.29) is 11.9 Å². The van der Waals surface area contributed by atoms with Crippen LogP contribution in [0.5, 0.6) is 0 Å². The number of anilines is 1. The van der Waals surface area contributed by atoms with E-state index in [9.17, 15) is 4.79 Å². The number of hydrogen-bond donors (Lipinski definition) is 1. The second kappa shape index (κ2) is 7.46. The number of para-hydroxylation sites is 1. The Balaban J connectivity index is 1.80. The average molecular weight is 289 g/mol. The van der Waals surface area contributed by atoms with Gasteiger partial charge in [-0.3, -0.25) is 4.79 Å². The van der Waals surface area contributed by atoms with Crippen LogP contribution in [0.3, 0.4) is 0 Å². The summed E-state index contributed by atoms with van der Waals surface area (Å²) in [5.74, 6) is 0.278. The molecule has 2 rings (SSSR count). The van der Waals surface area contributed by atoms with Crippen molar-refractivity contribution in [3.8, 4) is 0 Å². The molecule has 1 aromatic rings. The standard InChI is InChI=1S/C17H27N3O/c1-14-6-3-4-8-16(14)19-10-12-20(13-11-19)17(21)9-5-7-15(2)18/h3-4,6,8,15H,5,7,9-13,18H2,1-2H3. The summed E-state index contributed by atoms with van der Waals surface area (Å²) in [6.45, 7) is 7.62. The monoisotopic (exact) mass is 289 g/mol. The molecule has 2 N–H and O–H groups in total. The highest BCUT2D eigenvalue weighted by molar-refractivity contribution is 5.76. The van der Waals surface area contributed by atoms with Gasteiger partial charge in [-0.05, 0) is 38.3 Å². The fourth-order valence-electron chi connectivity index (χ4n) is 2.85. The van der Waals surface area contributed by atoms with E-state index in [0.717, 1.165) is 39.0 Å². The van der Waals surface area contributed by atoms with Gasteiger partial charge in [0.25, 0.3) is 0 Å². The van der Waals surface area contributed by atoms with E-state index in [1.165, 1.54) is 11.3 Å². The van der Waals surface area contributed by atoms with E-state index in [1.54, 1.807) is 0 Å². The lowest BCUT2D eigenvalue weighted by atomic mass is 10.1. The highest BCUT2D eigenvalue weighted by Gasteiger charge is 2.21. The third-order valence-electron chi connectivity index (χ3n) is 4.14. The molecule has 1 aliphatic rings. The molecule has 1 heterocycles. The molecule has 1 unspecified atom stereocenters. The van der Waals surface area contributed by atoms with E-state index < -0.39 is 0 Å². The summed E-state index contributed by atoms with van der Waals surface area (Å²) in [5.41, 5.74) is 8.32. The minimum absolute atomic E-state index is 0.190. The van der Waals surface area contributed by atoms with Crippen LogP contribution in [-0.4, -0.2) is 43.0 Å². The van der Waals surface area contributed by atoms with E-state index in [0.29, 0.717) is 6.42 Å². The number of benzene rings is 1. The van der Waals surface area contributed by atoms with Crippen molar-refractivity contribution in [1.29, 1.82) is 0 Å². The molecule has 116 valence electrons. The highest BCUT2D eigenvalue weighted by atomic mass is 16.2. The molecule has 4 heteroatoms. The summed E-state index contributed by atoms with van der Waals surface area (Å²) in [7, 11) is 0. The van der Waals surface area contributed by atoms with Crippen LogP contribution in [0.25, 0.3) is 0 Å². The molecule has 0 aliphatic carbocycles. The van der Waals surface area contributed by atoms with Gasteiger partial charge in [0.15, 0.2) is 0 Å². The van der Waals surface area contributed by atoms with Crippen LogP contribution >= 0.6 is 0 Å². The van der Waals surface area contributed by atoms with Crippen LogP contribution in [0.1, 0.15) is 31.7 Å². The van der Waals surface area contributed by atoms with Gasteiger partial charge in [0.05, 0.1) is 0 Å². The van der Waals surface area contributed by atoms with Crippen LogP contribution < -0.4 is 10.6 Å². The Kier molecular flexibility index (Phi) is 5.62. The molecule has 0 aromatic heterocycles. The van der Waals surface area contributed by atoms with Crippen molar-refractivity contribution in [2.45, 2.75) is 39.2 Å². The van der Waals surface area contributed by atoms with E-state index in [1.807, 2.05) is 11.8 Å². The smallest absolute Gasteiger partial charge is 0.222 e. The molecule has 0 saturated carbocycles. The lowest BCUT2D eigenvalue weighted by Crippen LogP contribution is -2.49. The highest BCUT2D eigenvalue weighted by Crippen LogP contribution is 2.21. The fourth-order valence-corrected chi connectivity index (χ4v) is 2.85. The molecular formula is C17H27N3O. The van der Waals surface area contributed by atoms with Crippen molar-refractivity contribution in [2.75, 3.05) is 31.1 Å². The van der Waals surface area contributed by atoms with Crippen LogP contribution in [0, 0.1) is 6.92 Å². The Hall–Kier alpha value is -1.55. The van der Waals surface area contributed by atoms with E-state index in [2.05, 4.69) is 36.1 Å². The first-order chi connectivity index (χ1) is 10.1. The number of carbonyl (C=O) groups is 1. The Bertz CT molecular complexity index is 465. The summed E-state index contributed by atoms with van der Waals surface area (Å²) in [5, 5.41) is 0. The number of nitrogens with two attached hydrogens (primary N) is 1. The zero-order valence-electron chi connectivity index (χ0n) is 13.2. The first kappa shape index (κ1) is 15.8. The lowest BCUT2D eigenvalue weighted by Gasteiger charge is -2.37. The first-order valence-corrected chi connectivity index (χ1v) is 7.92. The van der Waals surface area contributed by atoms with Gasteiger partial charge in [0, 0.05) is 44.3 Å². The average Bonchev–Trinajstić information content (AvgIpc) is 2.47. The number of aryl methyl sites for hydroxylation is 1. The van der Waals surface area contributed by atoms with E-state index >= 15 is 0 Å². The number of hydrogen-bond acceptors (Lipinski definition) is 3. The summed E-state index contributed by atoms with van der Waals surface area (Å²) in [6.07, 6.45) is 2.45. The number of nitrogens with zero attached hydrogens (tertiary/aromatic N) is 2. The molecule has 1 saturated heterocycles. The van der Waals surface area contributed by atoms with Crippen LogP contribution in [0.15, 0.2) is 24.3 Å². The molecule has 21 heavy (non-hydrogen) atoms. The minimum atomic E-state index is 0.190. The third kappa shape index (κ3) is 4.46. The SMILES string of the molecule is Cc1ccccc1N1CCN(C(=O)CCCC(C)N)CC1. The maximum absolute atomic E-state index is 12.2. The molecule has 1 atom stereocenters. The predicted octanol–water partition coefficient (Wildman–Crippen LogP) is 2.16. The summed E-state index contributed by atoms with van der Waals surface area (Å²) >= 11 is 0. The molecule has 1 fully saturated rings. The summed E-state index contributed by atoms with van der Waals surface area (Å²) in [4.78, 5) is 16.5. The largest absolute Gasteiger partial charge is 0.368 e. The van der Waals surface area contributed by atoms with Crippen molar-refractivity contribution >= 4 is 11.6 Å². The van der Waals surface area contributed by atoms with Crippen molar-refractivity contribution in [1.82, 2.24) is 4.90 Å². The number of amides is 1. The lowest BCUT2D eigenvalue weighted by molar-refractivity contribution is -0.131. The van der Waals surface area contributed by atoms with Gasteiger partial charge in [0.2, 0.25) is 5.91 Å². The Morgan fingerprint density at radius 2 is 1.90 bits per heavy atom. The second-order valence-corrected chi connectivity index (χ2v) is 6.02. The topological polar surface area (TPSA) is 49.6 Å². The van der Waals surface area contributed by atoms with Crippen LogP contribution in [0.4, 0.5) is 5.69 Å². The molecule has 0 bridgehead atoms. The zero-order chi connectivity index (χ0) is 15.2. The minimum Gasteiger partial charge on any atom is -0.368 e. The van der Waals surface area contributed by atoms with Crippen molar-refractivity contribution < 1.29 is 4.79 Å². The van der Waals surface area contributed by atoms with E-state index in [4.69, 9.17) is 5.73 Å². The predicted molar refractivity (Wildman–Crippen MR) is 87.5 cm³/mol. The van der Waals surface area contributed by atoms with Gasteiger partial charge in [-0.1, -0.05) is 18.2 Å². The number of carbonyl (C=O) groups excluding carboxylic acids is 1. The van der Waals surface area contributed by atoms with Gasteiger partial charge < -0.3 is 15.5 Å². The van der Waals surface area contributed by atoms with Crippen molar-refractivity contribution in [2.24, 2.45) is 5.73 Å². The van der Waals surface area contributed by atoms with Crippen LogP contribution in [-0.2, 0) is 4.79 Å². The second-order valence-electron chi connectivity index (χ2n) is 6.02. The van der Waals surface area contributed by atoms with Crippen molar-refractivity contribution in [3.63, 3.8) is 0 Å². The van der Waals surface area contributed by atoms with Crippen LogP contribution in [0.2, 0.25) is 0 Å². The number of rotatable bonds is 5. The maximum Gasteiger partial charge on any atom is 0.222 e. The molecule has 4 nitrogen and oxygen atoms in total. The fraction of sp³-hybridized carbons (Fsp3) is 0.588. The molecule has 1 aromatic carbocycles. The molecule has 0 spiro atoms. The van der Waals surface area contributed by atoms with Crippen molar-refractivity contribution in [3.05, 3.63) is 29.8 Å². The molecular weight excluding hydrogens is 262 g/mol. The van der Waals surface area contributed by atoms with Gasteiger partial charge in [-0.25, -0.2) is 0 Å². The van der Waals surface area contributed by atoms with Gasteiger partial charge in [-0.2, -0.15) is 0 Å². The Labute approximate surface area is 127 Å². The van der Waals surface area contributed by atoms with Gasteiger partial charge in [0.1, 0.15) is 0 Å². The Morgan fingerprint density at radius 1 is 1.24 bits per heavy atom. The van der Waals surface area contributed by atoms with Gasteiger partial charge in [-0.15, -0.1) is 0 Å². The normalized spacial score (nSPS) is 16.9. The Morgan fingerprint density at radius 3 is 2.52 bits per heavy atom. The molecule has 0 radical (unpaired) electrons. The third-order valence-corrected chi connectivity index (χ3v) is 4.14. The summed E-state index contributed by atoms with van der Waals surface area (Å²) in [6, 6.07) is 8.64. The zero-order valence-corrected chi connectivity index (χ0v) is 13.2. The molecule has 1 amide bonds. The summed E-state index contributed by atoms with van der Waals surface area (Å²) < 4.78 is 0. The quantitative estimate of drug-likeness (QED) is 0.903.